The van der Waals surface area contributed by atoms with Crippen molar-refractivity contribution in [3.8, 4) is 0 Å². The van der Waals surface area contributed by atoms with E-state index in [1.807, 2.05) is 6.07 Å². The van der Waals surface area contributed by atoms with Gasteiger partial charge in [-0.15, -0.1) is 0 Å². The molecule has 0 bridgehead atoms. The van der Waals surface area contributed by atoms with Gasteiger partial charge in [-0.1, -0.05) is 18.2 Å². The number of aliphatic carboxylic acids is 1. The number of amides is 1. The summed E-state index contributed by atoms with van der Waals surface area (Å²) in [6.45, 7) is 3.07. The molecule has 0 aliphatic carbocycles. The number of carbonyl (C=O) groups is 2. The number of aromatic nitrogens is 2. The van der Waals surface area contributed by atoms with Crippen LogP contribution in [-0.4, -0.2) is 62.7 Å². The summed E-state index contributed by atoms with van der Waals surface area (Å²) in [5.74, 6) is -1.30. The lowest BCUT2D eigenvalue weighted by molar-refractivity contribution is -0.137. The van der Waals surface area contributed by atoms with Crippen molar-refractivity contribution in [3.05, 3.63) is 53.6 Å². The highest BCUT2D eigenvalue weighted by atomic mass is 19.1. The molecular formula is C18H21FN4O3. The summed E-state index contributed by atoms with van der Waals surface area (Å²) in [6.07, 6.45) is 1.42. The predicted octanol–water partition coefficient (Wildman–Crippen LogP) is 1.45. The molecular weight excluding hydrogens is 339 g/mol. The zero-order valence-corrected chi connectivity index (χ0v) is 14.3. The molecule has 1 fully saturated rings. The average Bonchev–Trinajstić information content (AvgIpc) is 3.10. The highest BCUT2D eigenvalue weighted by Gasteiger charge is 2.24. The van der Waals surface area contributed by atoms with Gasteiger partial charge in [0.2, 0.25) is 0 Å². The zero-order chi connectivity index (χ0) is 18.5. The second kappa shape index (κ2) is 8.09. The standard InChI is InChI=1S/C18H21FN4O3/c19-15-4-2-1-3-14(15)13-21-9-11-22(12-10-21)18(26)16-5-7-20-23(16)8-6-17(24)25/h1-5,7H,6,8-13H2,(H,24,25). The SMILES string of the molecule is O=C(O)CCn1nccc1C(=O)N1CCN(Cc2ccccc2F)CC1. The van der Waals surface area contributed by atoms with Crippen molar-refractivity contribution in [1.82, 2.24) is 19.6 Å². The van der Waals surface area contributed by atoms with Gasteiger partial charge in [0.05, 0.1) is 13.0 Å². The maximum absolute atomic E-state index is 13.8. The first-order chi connectivity index (χ1) is 12.5. The molecule has 26 heavy (non-hydrogen) atoms. The van der Waals surface area contributed by atoms with E-state index in [4.69, 9.17) is 5.11 Å². The number of aryl methyl sites for hydroxylation is 1. The first-order valence-electron chi connectivity index (χ1n) is 8.53. The van der Waals surface area contributed by atoms with Gasteiger partial charge >= 0.3 is 5.97 Å². The molecule has 0 saturated carbocycles. The van der Waals surface area contributed by atoms with Crippen molar-refractivity contribution in [2.75, 3.05) is 26.2 Å². The molecule has 1 amide bonds. The van der Waals surface area contributed by atoms with E-state index in [1.54, 1.807) is 23.1 Å². The Balaban J connectivity index is 1.56. The Hall–Kier alpha value is -2.74. The monoisotopic (exact) mass is 360 g/mol. The molecule has 138 valence electrons. The number of piperazine rings is 1. The summed E-state index contributed by atoms with van der Waals surface area (Å²) >= 11 is 0. The van der Waals surface area contributed by atoms with Crippen LogP contribution in [0.25, 0.3) is 0 Å². The van der Waals surface area contributed by atoms with Gasteiger partial charge in [-0.25, -0.2) is 4.39 Å². The smallest absolute Gasteiger partial charge is 0.305 e. The number of nitrogens with zero attached hydrogens (tertiary/aromatic N) is 4. The average molecular weight is 360 g/mol. The lowest BCUT2D eigenvalue weighted by Gasteiger charge is -2.34. The van der Waals surface area contributed by atoms with Crippen molar-refractivity contribution in [1.29, 1.82) is 0 Å². The summed E-state index contributed by atoms with van der Waals surface area (Å²) in [7, 11) is 0. The molecule has 8 heteroatoms. The molecule has 2 heterocycles. The van der Waals surface area contributed by atoms with E-state index < -0.39 is 5.97 Å². The Bertz CT molecular complexity index is 784. The maximum atomic E-state index is 13.8. The molecule has 1 aromatic carbocycles. The van der Waals surface area contributed by atoms with Crippen molar-refractivity contribution < 1.29 is 19.1 Å². The third-order valence-corrected chi connectivity index (χ3v) is 4.48. The molecule has 7 nitrogen and oxygen atoms in total. The summed E-state index contributed by atoms with van der Waals surface area (Å²) < 4.78 is 15.2. The second-order valence-electron chi connectivity index (χ2n) is 6.24. The van der Waals surface area contributed by atoms with E-state index in [-0.39, 0.29) is 24.7 Å². The van der Waals surface area contributed by atoms with E-state index in [9.17, 15) is 14.0 Å². The molecule has 0 unspecified atom stereocenters. The molecule has 0 atom stereocenters. The van der Waals surface area contributed by atoms with Crippen LogP contribution in [0.4, 0.5) is 4.39 Å². The predicted molar refractivity (Wildman–Crippen MR) is 92.1 cm³/mol. The van der Waals surface area contributed by atoms with E-state index in [0.29, 0.717) is 44.0 Å². The largest absolute Gasteiger partial charge is 0.481 e. The Morgan fingerprint density at radius 2 is 1.85 bits per heavy atom. The number of hydrogen-bond donors (Lipinski definition) is 1. The van der Waals surface area contributed by atoms with Crippen molar-refractivity contribution in [2.45, 2.75) is 19.5 Å². The lowest BCUT2D eigenvalue weighted by Crippen LogP contribution is -2.48. The first-order valence-corrected chi connectivity index (χ1v) is 8.53. The molecule has 1 saturated heterocycles. The highest BCUT2D eigenvalue weighted by Crippen LogP contribution is 2.14. The minimum absolute atomic E-state index is 0.0849. The van der Waals surface area contributed by atoms with Gasteiger partial charge in [0, 0.05) is 44.5 Å². The zero-order valence-electron chi connectivity index (χ0n) is 14.3. The van der Waals surface area contributed by atoms with Crippen LogP contribution < -0.4 is 0 Å². The van der Waals surface area contributed by atoms with Crippen LogP contribution in [0, 0.1) is 5.82 Å². The van der Waals surface area contributed by atoms with Crippen LogP contribution in [0.15, 0.2) is 36.5 Å². The number of carbonyl (C=O) groups excluding carboxylic acids is 1. The summed E-state index contributed by atoms with van der Waals surface area (Å²) in [4.78, 5) is 27.2. The fourth-order valence-corrected chi connectivity index (χ4v) is 3.03. The number of carboxylic acid groups (broad SMARTS) is 1. The van der Waals surface area contributed by atoms with Crippen molar-refractivity contribution >= 4 is 11.9 Å². The van der Waals surface area contributed by atoms with E-state index in [2.05, 4.69) is 10.00 Å². The third-order valence-electron chi connectivity index (χ3n) is 4.48. The molecule has 0 spiro atoms. The lowest BCUT2D eigenvalue weighted by atomic mass is 10.2. The molecule has 1 aliphatic rings. The third kappa shape index (κ3) is 4.26. The van der Waals surface area contributed by atoms with Crippen molar-refractivity contribution in [3.63, 3.8) is 0 Å². The number of rotatable bonds is 6. The number of halogens is 1. The number of carboxylic acids is 1. The Kier molecular flexibility index (Phi) is 5.62. The minimum Gasteiger partial charge on any atom is -0.481 e. The summed E-state index contributed by atoms with van der Waals surface area (Å²) in [5.41, 5.74) is 1.05. The fraction of sp³-hybridized carbons (Fsp3) is 0.389. The van der Waals surface area contributed by atoms with Gasteiger partial charge in [-0.05, 0) is 12.1 Å². The molecule has 1 aromatic heterocycles. The van der Waals surface area contributed by atoms with Gasteiger partial charge in [0.15, 0.2) is 0 Å². The molecule has 2 aromatic rings. The van der Waals surface area contributed by atoms with Gasteiger partial charge < -0.3 is 10.0 Å². The minimum atomic E-state index is -0.930. The normalized spacial score (nSPS) is 15.2. The van der Waals surface area contributed by atoms with Crippen LogP contribution in [0.2, 0.25) is 0 Å². The fourth-order valence-electron chi connectivity index (χ4n) is 3.03. The van der Waals surface area contributed by atoms with Crippen LogP contribution in [0.3, 0.4) is 0 Å². The van der Waals surface area contributed by atoms with E-state index in [0.717, 1.165) is 0 Å². The molecule has 3 rings (SSSR count). The molecule has 0 radical (unpaired) electrons. The Labute approximate surface area is 150 Å². The van der Waals surface area contributed by atoms with Crippen molar-refractivity contribution in [2.24, 2.45) is 0 Å². The van der Waals surface area contributed by atoms with Gasteiger partial charge in [0.25, 0.3) is 5.91 Å². The van der Waals surface area contributed by atoms with Gasteiger partial charge in [-0.2, -0.15) is 5.10 Å². The summed E-state index contributed by atoms with van der Waals surface area (Å²) in [5, 5.41) is 12.8. The topological polar surface area (TPSA) is 78.7 Å². The Morgan fingerprint density at radius 3 is 2.54 bits per heavy atom. The summed E-state index contributed by atoms with van der Waals surface area (Å²) in [6, 6.07) is 8.32. The van der Waals surface area contributed by atoms with E-state index >= 15 is 0 Å². The second-order valence-corrected chi connectivity index (χ2v) is 6.24. The van der Waals surface area contributed by atoms with Crippen LogP contribution in [0.1, 0.15) is 22.5 Å². The first kappa shape index (κ1) is 18.1. The van der Waals surface area contributed by atoms with Crippen LogP contribution in [0.5, 0.6) is 0 Å². The molecule has 1 aliphatic heterocycles. The van der Waals surface area contributed by atoms with Crippen LogP contribution in [-0.2, 0) is 17.9 Å². The van der Waals surface area contributed by atoms with Gasteiger partial charge in [-0.3, -0.25) is 19.2 Å². The maximum Gasteiger partial charge on any atom is 0.305 e. The molecule has 1 N–H and O–H groups in total. The highest BCUT2D eigenvalue weighted by molar-refractivity contribution is 5.92. The number of hydrogen-bond acceptors (Lipinski definition) is 4. The van der Waals surface area contributed by atoms with Gasteiger partial charge in [0.1, 0.15) is 11.5 Å². The quantitative estimate of drug-likeness (QED) is 0.844. The Morgan fingerprint density at radius 1 is 1.12 bits per heavy atom. The van der Waals surface area contributed by atoms with Crippen LogP contribution >= 0.6 is 0 Å². The number of benzene rings is 1. The van der Waals surface area contributed by atoms with E-state index in [1.165, 1.54) is 16.9 Å².